The van der Waals surface area contributed by atoms with Gasteiger partial charge in [0.05, 0.1) is 10.7 Å². The number of nitrogens with zero attached hydrogens (tertiary/aromatic N) is 1. The third-order valence-electron chi connectivity index (χ3n) is 1.99. The van der Waals surface area contributed by atoms with E-state index in [0.717, 1.165) is 11.8 Å². The Labute approximate surface area is 120 Å². The zero-order chi connectivity index (χ0) is 15.9. The lowest BCUT2D eigenvalue weighted by atomic mass is 10.1. The topological polar surface area (TPSA) is 154 Å². The van der Waals surface area contributed by atoms with Crippen molar-refractivity contribution in [1.82, 2.24) is 0 Å². The fraction of sp³-hybridized carbons (Fsp3) is 0.364. The Bertz CT molecular complexity index is 483. The van der Waals surface area contributed by atoms with Crippen LogP contribution in [0.1, 0.15) is 20.8 Å². The molecule has 0 unspecified atom stereocenters. The van der Waals surface area contributed by atoms with E-state index in [0.29, 0.717) is 5.03 Å². The first-order chi connectivity index (χ1) is 9.11. The van der Waals surface area contributed by atoms with E-state index in [1.54, 1.807) is 13.0 Å². The Morgan fingerprint density at radius 3 is 2.25 bits per heavy atom. The molecule has 0 aliphatic heterocycles. The molecule has 0 aromatic carbocycles. The van der Waals surface area contributed by atoms with Crippen LogP contribution >= 0.6 is 11.8 Å². The highest BCUT2D eigenvalue weighted by Gasteiger charge is 2.30. The molecule has 1 amide bonds. The van der Waals surface area contributed by atoms with Crippen molar-refractivity contribution in [3.63, 3.8) is 0 Å². The summed E-state index contributed by atoms with van der Waals surface area (Å²) in [6.07, 6.45) is 1.64. The van der Waals surface area contributed by atoms with E-state index in [9.17, 15) is 9.59 Å². The zero-order valence-corrected chi connectivity index (χ0v) is 12.2. The molecule has 0 aromatic heterocycles. The Kier molecular flexibility index (Phi) is 6.63. The third-order valence-corrected chi connectivity index (χ3v) is 2.87. The van der Waals surface area contributed by atoms with Crippen LogP contribution in [0.4, 0.5) is 0 Å². The summed E-state index contributed by atoms with van der Waals surface area (Å²) in [6, 6.07) is 0. The molecule has 0 saturated heterocycles. The number of amides is 1. The molecule has 8 nitrogen and oxygen atoms in total. The van der Waals surface area contributed by atoms with E-state index in [1.807, 2.05) is 0 Å². The van der Waals surface area contributed by atoms with Crippen molar-refractivity contribution in [3.8, 4) is 0 Å². The van der Waals surface area contributed by atoms with Gasteiger partial charge < -0.3 is 27.1 Å². The molecular formula is C11H18N4O4S. The van der Waals surface area contributed by atoms with E-state index in [1.165, 1.54) is 19.3 Å². The van der Waals surface area contributed by atoms with Crippen molar-refractivity contribution in [2.75, 3.05) is 0 Å². The lowest BCUT2D eigenvalue weighted by molar-refractivity contribution is -0.161. The van der Waals surface area contributed by atoms with Gasteiger partial charge in [0.2, 0.25) is 5.60 Å². The van der Waals surface area contributed by atoms with E-state index >= 15 is 0 Å². The molecule has 0 aliphatic rings. The average molecular weight is 302 g/mol. The van der Waals surface area contributed by atoms with Gasteiger partial charge in [-0.15, -0.1) is 0 Å². The Morgan fingerprint density at radius 2 is 1.85 bits per heavy atom. The van der Waals surface area contributed by atoms with Gasteiger partial charge in [-0.2, -0.15) is 0 Å². The molecular weight excluding hydrogens is 284 g/mol. The average Bonchev–Trinajstić information content (AvgIpc) is 2.35. The van der Waals surface area contributed by atoms with Gasteiger partial charge in [0, 0.05) is 5.41 Å². The van der Waals surface area contributed by atoms with Crippen LogP contribution in [0.5, 0.6) is 0 Å². The first-order valence-electron chi connectivity index (χ1n) is 5.45. The number of rotatable bonds is 7. The summed E-state index contributed by atoms with van der Waals surface area (Å²) in [4.78, 5) is 26.9. The fourth-order valence-corrected chi connectivity index (χ4v) is 1.20. The number of allylic oxidation sites excluding steroid dienone is 1. The minimum absolute atomic E-state index is 0.0755. The van der Waals surface area contributed by atoms with Gasteiger partial charge in [-0.1, -0.05) is 23.0 Å². The van der Waals surface area contributed by atoms with Crippen molar-refractivity contribution < 1.29 is 19.5 Å². The number of hydrogen-bond acceptors (Lipinski definition) is 7. The summed E-state index contributed by atoms with van der Waals surface area (Å²) in [5.74, 6) is -2.19. The molecule has 0 spiro atoms. The third kappa shape index (κ3) is 5.65. The van der Waals surface area contributed by atoms with Crippen LogP contribution in [0.15, 0.2) is 27.4 Å². The number of carboxylic acid groups (broad SMARTS) is 1. The molecule has 0 bridgehead atoms. The number of carboxylic acids is 1. The van der Waals surface area contributed by atoms with E-state index in [-0.39, 0.29) is 11.4 Å². The molecule has 0 rings (SSSR count). The number of hydrogen-bond donors (Lipinski definition) is 4. The standard InChI is InChI=1S/C11H18N4O4S/c1-4-7(13)20-5-6(12)8(9(14)16)15-19-11(2,3)10(17)18/h4-5H,12-13H2,1-3H3,(H2,14,16)(H,17,18)/b6-5-,7-4-,15-8+. The van der Waals surface area contributed by atoms with Crippen molar-refractivity contribution >= 4 is 29.4 Å². The fourth-order valence-electron chi connectivity index (χ4n) is 0.694. The largest absolute Gasteiger partial charge is 0.478 e. The molecule has 7 N–H and O–H groups in total. The molecule has 9 heteroatoms. The van der Waals surface area contributed by atoms with Crippen LogP contribution in [-0.2, 0) is 14.4 Å². The predicted octanol–water partition coefficient (Wildman–Crippen LogP) is 0.0608. The van der Waals surface area contributed by atoms with Gasteiger partial charge in [0.25, 0.3) is 5.91 Å². The van der Waals surface area contributed by atoms with Crippen molar-refractivity contribution in [3.05, 3.63) is 22.2 Å². The quantitative estimate of drug-likeness (QED) is 0.383. The van der Waals surface area contributed by atoms with Crippen molar-refractivity contribution in [2.24, 2.45) is 22.4 Å². The van der Waals surface area contributed by atoms with Crippen LogP contribution in [0.3, 0.4) is 0 Å². The maximum Gasteiger partial charge on any atom is 0.350 e. The van der Waals surface area contributed by atoms with E-state index in [4.69, 9.17) is 27.1 Å². The van der Waals surface area contributed by atoms with E-state index < -0.39 is 17.5 Å². The van der Waals surface area contributed by atoms with Crippen LogP contribution in [-0.4, -0.2) is 28.3 Å². The highest BCUT2D eigenvalue weighted by molar-refractivity contribution is 8.05. The lowest BCUT2D eigenvalue weighted by Crippen LogP contribution is -2.35. The summed E-state index contributed by atoms with van der Waals surface area (Å²) in [5, 5.41) is 14.1. The normalized spacial score (nSPS) is 14.1. The highest BCUT2D eigenvalue weighted by atomic mass is 32.2. The van der Waals surface area contributed by atoms with Crippen LogP contribution < -0.4 is 17.2 Å². The second kappa shape index (κ2) is 7.43. The summed E-state index contributed by atoms with van der Waals surface area (Å²) in [5.41, 5.74) is 14.2. The maximum absolute atomic E-state index is 11.2. The predicted molar refractivity (Wildman–Crippen MR) is 77.2 cm³/mol. The summed E-state index contributed by atoms with van der Waals surface area (Å²) in [6.45, 7) is 4.27. The smallest absolute Gasteiger partial charge is 0.350 e. The summed E-state index contributed by atoms with van der Waals surface area (Å²) < 4.78 is 0. The number of thioether (sulfide) groups is 1. The molecule has 0 atom stereocenters. The monoisotopic (exact) mass is 302 g/mol. The second-order valence-electron chi connectivity index (χ2n) is 4.09. The van der Waals surface area contributed by atoms with E-state index in [2.05, 4.69) is 5.16 Å². The molecule has 0 aromatic rings. The second-order valence-corrected chi connectivity index (χ2v) is 5.04. The van der Waals surface area contributed by atoms with Gasteiger partial charge in [-0.3, -0.25) is 4.79 Å². The number of nitrogens with two attached hydrogens (primary N) is 3. The number of aliphatic carboxylic acids is 1. The summed E-state index contributed by atoms with van der Waals surface area (Å²) in [7, 11) is 0. The van der Waals surface area contributed by atoms with Gasteiger partial charge in [-0.25, -0.2) is 4.79 Å². The maximum atomic E-state index is 11.2. The lowest BCUT2D eigenvalue weighted by Gasteiger charge is -2.16. The van der Waals surface area contributed by atoms with Crippen molar-refractivity contribution in [1.29, 1.82) is 0 Å². The van der Waals surface area contributed by atoms with Gasteiger partial charge in [0.1, 0.15) is 0 Å². The van der Waals surface area contributed by atoms with Crippen molar-refractivity contribution in [2.45, 2.75) is 26.4 Å². The van der Waals surface area contributed by atoms with Crippen LogP contribution in [0.25, 0.3) is 0 Å². The number of primary amides is 1. The SMILES string of the molecule is C/C=C(/N)S/C=C(N)/C(=N\OC(C)(C)C(=O)O)C(N)=O. The molecule has 0 fully saturated rings. The minimum Gasteiger partial charge on any atom is -0.478 e. The molecule has 112 valence electrons. The number of carbonyl (C=O) groups is 2. The molecule has 0 heterocycles. The number of carbonyl (C=O) groups excluding carboxylic acids is 1. The van der Waals surface area contributed by atoms with Gasteiger partial charge in [0.15, 0.2) is 5.71 Å². The molecule has 0 aliphatic carbocycles. The Balaban J connectivity index is 5.16. The number of oxime groups is 1. The Hall–Kier alpha value is -2.16. The molecule has 0 radical (unpaired) electrons. The first kappa shape index (κ1) is 17.8. The molecule has 20 heavy (non-hydrogen) atoms. The first-order valence-corrected chi connectivity index (χ1v) is 6.33. The zero-order valence-electron chi connectivity index (χ0n) is 11.4. The van der Waals surface area contributed by atoms with Gasteiger partial charge >= 0.3 is 5.97 Å². The van der Waals surface area contributed by atoms with Crippen LogP contribution in [0.2, 0.25) is 0 Å². The highest BCUT2D eigenvalue weighted by Crippen LogP contribution is 2.14. The van der Waals surface area contributed by atoms with Gasteiger partial charge in [-0.05, 0) is 20.8 Å². The minimum atomic E-state index is -1.61. The van der Waals surface area contributed by atoms with Crippen LogP contribution in [0, 0.1) is 0 Å². The Morgan fingerprint density at radius 1 is 1.30 bits per heavy atom. The summed E-state index contributed by atoms with van der Waals surface area (Å²) >= 11 is 1.06. The molecule has 0 saturated carbocycles.